The van der Waals surface area contributed by atoms with E-state index in [2.05, 4.69) is 11.8 Å². The van der Waals surface area contributed by atoms with Crippen LogP contribution >= 0.6 is 0 Å². The van der Waals surface area contributed by atoms with Crippen LogP contribution in [-0.4, -0.2) is 16.3 Å². The molecule has 0 aliphatic rings. The lowest BCUT2D eigenvalue weighted by molar-refractivity contribution is -0.210. The number of allylic oxidation sites excluding steroid dienone is 1. The van der Waals surface area contributed by atoms with Crippen LogP contribution in [0.25, 0.3) is 0 Å². The van der Waals surface area contributed by atoms with Crippen LogP contribution in [0.1, 0.15) is 110 Å². The lowest BCUT2D eigenvalue weighted by Gasteiger charge is -2.03. The van der Waals surface area contributed by atoms with E-state index in [-0.39, 0.29) is 5.76 Å². The molecule has 0 bridgehead atoms. The number of carboxylic acid groups (broad SMARTS) is 1. The van der Waals surface area contributed by atoms with Crippen molar-refractivity contribution in [2.45, 2.75) is 110 Å². The van der Waals surface area contributed by atoms with Crippen molar-refractivity contribution in [3.63, 3.8) is 0 Å². The summed E-state index contributed by atoms with van der Waals surface area (Å²) in [5.41, 5.74) is 0. The zero-order valence-corrected chi connectivity index (χ0v) is 15.6. The van der Waals surface area contributed by atoms with Gasteiger partial charge in [0.1, 0.15) is 0 Å². The van der Waals surface area contributed by atoms with E-state index in [0.29, 0.717) is 6.42 Å². The number of rotatable bonds is 18. The van der Waals surface area contributed by atoms with Gasteiger partial charge in [0.15, 0.2) is 0 Å². The fourth-order valence-corrected chi connectivity index (χ4v) is 2.91. The van der Waals surface area contributed by atoms with E-state index in [9.17, 15) is 4.79 Å². The fraction of sp³-hybridized carbons (Fsp3) is 0.850. The second-order valence-corrected chi connectivity index (χ2v) is 6.70. The smallest absolute Gasteiger partial charge is 0.375 e. The van der Waals surface area contributed by atoms with E-state index in [1.54, 1.807) is 0 Å². The minimum Gasteiger partial charge on any atom is -0.475 e. The van der Waals surface area contributed by atoms with Gasteiger partial charge in [0, 0.05) is 0 Å². The van der Waals surface area contributed by atoms with Gasteiger partial charge in [0.25, 0.3) is 0 Å². The van der Waals surface area contributed by atoms with Gasteiger partial charge in [-0.25, -0.2) is 10.1 Å². The second kappa shape index (κ2) is 18.3. The Kier molecular flexibility index (Phi) is 17.5. The summed E-state index contributed by atoms with van der Waals surface area (Å²) in [5.74, 6) is -1.60. The highest BCUT2D eigenvalue weighted by molar-refractivity contribution is 5.83. The molecule has 2 N–H and O–H groups in total. The monoisotopic (exact) mass is 342 g/mol. The average Bonchev–Trinajstić information content (AvgIpc) is 2.57. The summed E-state index contributed by atoms with van der Waals surface area (Å²) < 4.78 is 0. The molecule has 0 aliphatic carbocycles. The van der Waals surface area contributed by atoms with Crippen LogP contribution in [0.15, 0.2) is 11.8 Å². The highest BCUT2D eigenvalue weighted by Crippen LogP contribution is 2.14. The van der Waals surface area contributed by atoms with Crippen LogP contribution in [-0.2, 0) is 9.68 Å². The molecule has 4 heteroatoms. The van der Waals surface area contributed by atoms with Crippen LogP contribution in [0.2, 0.25) is 0 Å². The number of carboxylic acids is 1. The Labute approximate surface area is 148 Å². The Hall–Kier alpha value is -1.03. The third-order valence-corrected chi connectivity index (χ3v) is 4.45. The minimum absolute atomic E-state index is 0.375. The van der Waals surface area contributed by atoms with Crippen molar-refractivity contribution in [1.82, 2.24) is 0 Å². The molecule has 0 fully saturated rings. The van der Waals surface area contributed by atoms with Crippen LogP contribution in [0.3, 0.4) is 0 Å². The predicted octanol–water partition coefficient (Wildman–Crippen LogP) is 6.71. The Morgan fingerprint density at radius 1 is 0.750 bits per heavy atom. The van der Waals surface area contributed by atoms with Gasteiger partial charge in [-0.1, -0.05) is 96.8 Å². The van der Waals surface area contributed by atoms with Crippen LogP contribution in [0.5, 0.6) is 0 Å². The minimum atomic E-state index is -1.22. The summed E-state index contributed by atoms with van der Waals surface area (Å²) in [6.07, 6.45) is 21.8. The van der Waals surface area contributed by atoms with Crippen molar-refractivity contribution >= 4 is 5.97 Å². The van der Waals surface area contributed by atoms with E-state index < -0.39 is 5.97 Å². The predicted molar refractivity (Wildman–Crippen MR) is 99.0 cm³/mol. The van der Waals surface area contributed by atoms with Gasteiger partial charge in [-0.3, -0.25) is 0 Å². The molecule has 0 aliphatic heterocycles. The second-order valence-electron chi connectivity index (χ2n) is 6.70. The summed E-state index contributed by atoms with van der Waals surface area (Å²) >= 11 is 0. The Morgan fingerprint density at radius 2 is 1.12 bits per heavy atom. The molecule has 0 saturated carbocycles. The molecule has 0 rings (SSSR count). The molecule has 0 atom stereocenters. The SMILES string of the molecule is CCCCCCCCCCCCCCCCCC=C(OO)C(=O)O. The zero-order valence-electron chi connectivity index (χ0n) is 15.6. The number of carbonyl (C=O) groups is 1. The third-order valence-electron chi connectivity index (χ3n) is 4.45. The maximum absolute atomic E-state index is 10.6. The Morgan fingerprint density at radius 3 is 1.46 bits per heavy atom. The van der Waals surface area contributed by atoms with Crippen molar-refractivity contribution < 1.29 is 20.0 Å². The molecule has 0 unspecified atom stereocenters. The standard InChI is InChI=1S/C20H38O4/c1-2-3-4-5-6-7-8-9-10-11-12-13-14-15-16-17-18-19(24-23)20(21)22/h18,23H,2-17H2,1H3,(H,21,22). The number of aliphatic carboxylic acids is 1. The first-order valence-corrected chi connectivity index (χ1v) is 9.97. The molecule has 0 aromatic heterocycles. The van der Waals surface area contributed by atoms with E-state index in [4.69, 9.17) is 10.4 Å². The van der Waals surface area contributed by atoms with Gasteiger partial charge in [-0.05, 0) is 18.9 Å². The molecule has 0 aromatic carbocycles. The molecule has 0 spiro atoms. The summed E-state index contributed by atoms with van der Waals surface area (Å²) in [7, 11) is 0. The van der Waals surface area contributed by atoms with Crippen molar-refractivity contribution in [2.75, 3.05) is 0 Å². The molecule has 0 radical (unpaired) electrons. The summed E-state index contributed by atoms with van der Waals surface area (Å²) in [4.78, 5) is 14.4. The molecule has 0 amide bonds. The van der Waals surface area contributed by atoms with Crippen LogP contribution < -0.4 is 0 Å². The highest BCUT2D eigenvalue weighted by atomic mass is 17.1. The lowest BCUT2D eigenvalue weighted by atomic mass is 10.0. The third kappa shape index (κ3) is 15.9. The van der Waals surface area contributed by atoms with Gasteiger partial charge in [0.05, 0.1) is 0 Å². The van der Waals surface area contributed by atoms with Crippen LogP contribution in [0, 0.1) is 0 Å². The molecular weight excluding hydrogens is 304 g/mol. The largest absolute Gasteiger partial charge is 0.475 e. The quantitative estimate of drug-likeness (QED) is 0.0955. The first kappa shape index (κ1) is 23.0. The van der Waals surface area contributed by atoms with Gasteiger partial charge < -0.3 is 9.99 Å². The summed E-state index contributed by atoms with van der Waals surface area (Å²) in [6.45, 7) is 2.26. The molecule has 0 heterocycles. The van der Waals surface area contributed by atoms with Gasteiger partial charge in [-0.15, -0.1) is 0 Å². The Bertz CT molecular complexity index is 313. The van der Waals surface area contributed by atoms with Crippen molar-refractivity contribution in [3.8, 4) is 0 Å². The molecule has 24 heavy (non-hydrogen) atoms. The topological polar surface area (TPSA) is 66.8 Å². The molecular formula is C20H38O4. The number of hydrogen-bond donors (Lipinski definition) is 2. The summed E-state index contributed by atoms with van der Waals surface area (Å²) in [5, 5.41) is 17.0. The molecule has 0 aromatic rings. The molecule has 0 saturated heterocycles. The zero-order chi connectivity index (χ0) is 17.9. The van der Waals surface area contributed by atoms with E-state index >= 15 is 0 Å². The van der Waals surface area contributed by atoms with E-state index in [0.717, 1.165) is 12.8 Å². The first-order valence-electron chi connectivity index (χ1n) is 9.97. The maximum Gasteiger partial charge on any atom is 0.375 e. The summed E-state index contributed by atoms with van der Waals surface area (Å²) in [6, 6.07) is 0. The van der Waals surface area contributed by atoms with Crippen molar-refractivity contribution in [3.05, 3.63) is 11.8 Å². The fourth-order valence-electron chi connectivity index (χ4n) is 2.91. The number of unbranched alkanes of at least 4 members (excludes halogenated alkanes) is 15. The maximum atomic E-state index is 10.6. The van der Waals surface area contributed by atoms with E-state index in [1.807, 2.05) is 0 Å². The van der Waals surface area contributed by atoms with Gasteiger partial charge in [0.2, 0.25) is 5.76 Å². The van der Waals surface area contributed by atoms with Crippen molar-refractivity contribution in [2.24, 2.45) is 0 Å². The van der Waals surface area contributed by atoms with Crippen LogP contribution in [0.4, 0.5) is 0 Å². The highest BCUT2D eigenvalue weighted by Gasteiger charge is 2.07. The van der Waals surface area contributed by atoms with Gasteiger partial charge in [-0.2, -0.15) is 0 Å². The number of hydrogen-bond acceptors (Lipinski definition) is 3. The normalized spacial score (nSPS) is 11.7. The van der Waals surface area contributed by atoms with Crippen molar-refractivity contribution in [1.29, 1.82) is 0 Å². The Balaban J connectivity index is 3.19. The van der Waals surface area contributed by atoms with E-state index in [1.165, 1.54) is 89.5 Å². The molecule has 4 nitrogen and oxygen atoms in total. The average molecular weight is 343 g/mol. The van der Waals surface area contributed by atoms with Gasteiger partial charge >= 0.3 is 5.97 Å². The first-order chi connectivity index (χ1) is 11.7. The lowest BCUT2D eigenvalue weighted by Crippen LogP contribution is -2.02. The molecule has 142 valence electrons.